The number of halogens is 1. The molecule has 2 unspecified atom stereocenters. The SMILES string of the molecule is CCC(CN)C(O)c1cccc(C)c1Br. The lowest BCUT2D eigenvalue weighted by atomic mass is 9.93. The number of aliphatic hydroxyl groups excluding tert-OH is 1. The molecule has 2 nitrogen and oxygen atoms in total. The summed E-state index contributed by atoms with van der Waals surface area (Å²) in [5.74, 6) is 0.128. The van der Waals surface area contributed by atoms with Crippen LogP contribution in [0.3, 0.4) is 0 Å². The molecule has 0 saturated heterocycles. The number of hydrogen-bond acceptors (Lipinski definition) is 2. The summed E-state index contributed by atoms with van der Waals surface area (Å²) in [5.41, 5.74) is 7.71. The third kappa shape index (κ3) is 2.80. The van der Waals surface area contributed by atoms with Gasteiger partial charge in [-0.2, -0.15) is 0 Å². The lowest BCUT2D eigenvalue weighted by molar-refractivity contribution is 0.109. The zero-order valence-corrected chi connectivity index (χ0v) is 10.8. The minimum absolute atomic E-state index is 0.128. The largest absolute Gasteiger partial charge is 0.388 e. The molecule has 1 aromatic rings. The van der Waals surface area contributed by atoms with Gasteiger partial charge in [-0.25, -0.2) is 0 Å². The highest BCUT2D eigenvalue weighted by Gasteiger charge is 2.20. The maximum atomic E-state index is 10.2. The first-order valence-corrected chi connectivity index (χ1v) is 6.04. The van der Waals surface area contributed by atoms with E-state index in [4.69, 9.17) is 5.73 Å². The molecule has 1 aromatic carbocycles. The zero-order valence-electron chi connectivity index (χ0n) is 9.20. The minimum Gasteiger partial charge on any atom is -0.388 e. The summed E-state index contributed by atoms with van der Waals surface area (Å²) in [7, 11) is 0. The highest BCUT2D eigenvalue weighted by molar-refractivity contribution is 9.10. The van der Waals surface area contributed by atoms with E-state index in [-0.39, 0.29) is 5.92 Å². The first-order chi connectivity index (χ1) is 7.11. The molecule has 0 fully saturated rings. The van der Waals surface area contributed by atoms with Gasteiger partial charge in [0.1, 0.15) is 0 Å². The predicted molar refractivity (Wildman–Crippen MR) is 66.7 cm³/mol. The Morgan fingerprint density at radius 2 is 2.13 bits per heavy atom. The predicted octanol–water partition coefficient (Wildman–Crippen LogP) is 2.78. The molecule has 0 aliphatic carbocycles. The van der Waals surface area contributed by atoms with E-state index in [2.05, 4.69) is 15.9 Å². The van der Waals surface area contributed by atoms with E-state index in [1.165, 1.54) is 0 Å². The topological polar surface area (TPSA) is 46.2 Å². The maximum absolute atomic E-state index is 10.2. The molecule has 0 saturated carbocycles. The Labute approximate surface area is 99.6 Å². The van der Waals surface area contributed by atoms with Crippen LogP contribution in [0.4, 0.5) is 0 Å². The highest BCUT2D eigenvalue weighted by Crippen LogP contribution is 2.31. The molecule has 3 heteroatoms. The minimum atomic E-state index is -0.478. The first kappa shape index (κ1) is 12.7. The van der Waals surface area contributed by atoms with Crippen molar-refractivity contribution in [3.63, 3.8) is 0 Å². The molecule has 15 heavy (non-hydrogen) atoms. The van der Waals surface area contributed by atoms with Gasteiger partial charge in [0.2, 0.25) is 0 Å². The lowest BCUT2D eigenvalue weighted by Crippen LogP contribution is -2.21. The standard InChI is InChI=1S/C12H18BrNO/c1-3-9(7-14)12(15)10-6-4-5-8(2)11(10)13/h4-6,9,12,15H,3,7,14H2,1-2H3. The summed E-state index contributed by atoms with van der Waals surface area (Å²) in [6.07, 6.45) is 0.409. The normalized spacial score (nSPS) is 15.0. The van der Waals surface area contributed by atoms with Crippen molar-refractivity contribution < 1.29 is 5.11 Å². The third-order valence-electron chi connectivity index (χ3n) is 2.81. The smallest absolute Gasteiger partial charge is 0.0841 e. The Balaban J connectivity index is 2.99. The fourth-order valence-corrected chi connectivity index (χ4v) is 2.17. The van der Waals surface area contributed by atoms with E-state index in [1.807, 2.05) is 32.0 Å². The average molecular weight is 272 g/mol. The highest BCUT2D eigenvalue weighted by atomic mass is 79.9. The van der Waals surface area contributed by atoms with Gasteiger partial charge < -0.3 is 10.8 Å². The summed E-state index contributed by atoms with van der Waals surface area (Å²) in [6.45, 7) is 4.58. The molecule has 0 amide bonds. The van der Waals surface area contributed by atoms with E-state index < -0.39 is 6.10 Å². The molecular formula is C12H18BrNO. The van der Waals surface area contributed by atoms with Crippen LogP contribution in [0.1, 0.15) is 30.6 Å². The van der Waals surface area contributed by atoms with Gasteiger partial charge in [-0.05, 0) is 31.0 Å². The number of benzene rings is 1. The number of aliphatic hydroxyl groups is 1. The van der Waals surface area contributed by atoms with Crippen LogP contribution in [0, 0.1) is 12.8 Å². The fraction of sp³-hybridized carbons (Fsp3) is 0.500. The second-order valence-corrected chi connectivity index (χ2v) is 4.62. The quantitative estimate of drug-likeness (QED) is 0.885. The van der Waals surface area contributed by atoms with Crippen molar-refractivity contribution in [2.75, 3.05) is 6.54 Å². The molecule has 1 rings (SSSR count). The maximum Gasteiger partial charge on any atom is 0.0841 e. The summed E-state index contributed by atoms with van der Waals surface area (Å²) < 4.78 is 0.990. The van der Waals surface area contributed by atoms with Crippen LogP contribution in [0.2, 0.25) is 0 Å². The number of nitrogens with two attached hydrogens (primary N) is 1. The van der Waals surface area contributed by atoms with Crippen LogP contribution < -0.4 is 5.73 Å². The van der Waals surface area contributed by atoms with E-state index >= 15 is 0 Å². The van der Waals surface area contributed by atoms with Gasteiger partial charge in [-0.1, -0.05) is 41.1 Å². The van der Waals surface area contributed by atoms with Gasteiger partial charge >= 0.3 is 0 Å². The molecule has 0 heterocycles. The summed E-state index contributed by atoms with van der Waals surface area (Å²) in [4.78, 5) is 0. The number of aryl methyl sites for hydroxylation is 1. The van der Waals surface area contributed by atoms with Gasteiger partial charge in [-0.15, -0.1) is 0 Å². The van der Waals surface area contributed by atoms with Gasteiger partial charge in [0.25, 0.3) is 0 Å². The second kappa shape index (κ2) is 5.64. The van der Waals surface area contributed by atoms with E-state index in [0.29, 0.717) is 6.54 Å². The Hall–Kier alpha value is -0.380. The third-order valence-corrected chi connectivity index (χ3v) is 3.90. The van der Waals surface area contributed by atoms with Crippen molar-refractivity contribution in [2.45, 2.75) is 26.4 Å². The molecule has 0 spiro atoms. The average Bonchev–Trinajstić information content (AvgIpc) is 2.23. The van der Waals surface area contributed by atoms with E-state index in [9.17, 15) is 5.11 Å². The summed E-state index contributed by atoms with van der Waals surface area (Å²) >= 11 is 3.51. The van der Waals surface area contributed by atoms with E-state index in [1.54, 1.807) is 0 Å². The van der Waals surface area contributed by atoms with Crippen LogP contribution in [0.25, 0.3) is 0 Å². The van der Waals surface area contributed by atoms with Crippen molar-refractivity contribution >= 4 is 15.9 Å². The van der Waals surface area contributed by atoms with Crippen LogP contribution in [-0.2, 0) is 0 Å². The second-order valence-electron chi connectivity index (χ2n) is 3.83. The summed E-state index contributed by atoms with van der Waals surface area (Å²) in [6, 6.07) is 5.92. The van der Waals surface area contributed by atoms with Crippen LogP contribution >= 0.6 is 15.9 Å². The van der Waals surface area contributed by atoms with Crippen LogP contribution in [0.15, 0.2) is 22.7 Å². The molecule has 84 valence electrons. The Morgan fingerprint density at radius 3 is 2.67 bits per heavy atom. The van der Waals surface area contributed by atoms with Gasteiger partial charge in [0, 0.05) is 10.4 Å². The molecule has 0 aliphatic rings. The van der Waals surface area contributed by atoms with Gasteiger partial charge in [0.05, 0.1) is 6.10 Å². The lowest BCUT2D eigenvalue weighted by Gasteiger charge is -2.21. The molecule has 0 radical (unpaired) electrons. The van der Waals surface area contributed by atoms with Crippen molar-refractivity contribution in [2.24, 2.45) is 11.7 Å². The molecule has 0 bridgehead atoms. The molecule has 3 N–H and O–H groups in total. The Morgan fingerprint density at radius 1 is 1.47 bits per heavy atom. The molecule has 0 aliphatic heterocycles. The van der Waals surface area contributed by atoms with Crippen molar-refractivity contribution in [3.8, 4) is 0 Å². The first-order valence-electron chi connectivity index (χ1n) is 5.25. The van der Waals surface area contributed by atoms with Crippen molar-refractivity contribution in [3.05, 3.63) is 33.8 Å². The van der Waals surface area contributed by atoms with Gasteiger partial charge in [0.15, 0.2) is 0 Å². The zero-order chi connectivity index (χ0) is 11.4. The van der Waals surface area contributed by atoms with Crippen LogP contribution in [-0.4, -0.2) is 11.7 Å². The number of hydrogen-bond donors (Lipinski definition) is 2. The Kier molecular flexibility index (Phi) is 4.77. The summed E-state index contributed by atoms with van der Waals surface area (Å²) in [5, 5.41) is 10.2. The van der Waals surface area contributed by atoms with Crippen molar-refractivity contribution in [1.29, 1.82) is 0 Å². The number of rotatable bonds is 4. The molecule has 0 aromatic heterocycles. The van der Waals surface area contributed by atoms with Gasteiger partial charge in [-0.3, -0.25) is 0 Å². The van der Waals surface area contributed by atoms with Crippen molar-refractivity contribution in [1.82, 2.24) is 0 Å². The monoisotopic (exact) mass is 271 g/mol. The Bertz CT molecular complexity index is 323. The van der Waals surface area contributed by atoms with Crippen LogP contribution in [0.5, 0.6) is 0 Å². The van der Waals surface area contributed by atoms with E-state index in [0.717, 1.165) is 22.0 Å². The molecule has 2 atom stereocenters. The fourth-order valence-electron chi connectivity index (χ4n) is 1.67. The molecular weight excluding hydrogens is 254 g/mol.